The van der Waals surface area contributed by atoms with Gasteiger partial charge >= 0.3 is 5.97 Å². The molecule has 2 rings (SSSR count). The number of benzene rings is 1. The molecule has 1 saturated heterocycles. The van der Waals surface area contributed by atoms with E-state index in [2.05, 4.69) is 15.9 Å². The molecule has 0 saturated carbocycles. The molecule has 1 aliphatic rings. The van der Waals surface area contributed by atoms with Crippen LogP contribution in [0.1, 0.15) is 28.8 Å². The van der Waals surface area contributed by atoms with Gasteiger partial charge in [-0.25, -0.2) is 13.2 Å². The van der Waals surface area contributed by atoms with E-state index in [-0.39, 0.29) is 17.0 Å². The van der Waals surface area contributed by atoms with Crippen LogP contribution < -0.4 is 0 Å². The number of β-amino-alcohol motifs (C(OH)–C–C–N with tert-alkyl or cyclic N) is 1. The van der Waals surface area contributed by atoms with Crippen molar-refractivity contribution in [3.8, 4) is 0 Å². The average Bonchev–Trinajstić information content (AvgIpc) is 2.41. The zero-order valence-corrected chi connectivity index (χ0v) is 13.8. The Morgan fingerprint density at radius 1 is 1.43 bits per heavy atom. The van der Waals surface area contributed by atoms with Gasteiger partial charge < -0.3 is 10.2 Å². The maximum atomic E-state index is 12.7. The highest BCUT2D eigenvalue weighted by atomic mass is 79.9. The second-order valence-electron chi connectivity index (χ2n) is 5.07. The van der Waals surface area contributed by atoms with E-state index < -0.39 is 22.1 Å². The van der Waals surface area contributed by atoms with Crippen molar-refractivity contribution in [1.82, 2.24) is 4.31 Å². The zero-order chi connectivity index (χ0) is 15.8. The minimum atomic E-state index is -3.84. The molecule has 1 aromatic rings. The summed E-state index contributed by atoms with van der Waals surface area (Å²) in [5.41, 5.74) is 0.456. The topological polar surface area (TPSA) is 94.9 Å². The van der Waals surface area contributed by atoms with Crippen molar-refractivity contribution in [3.63, 3.8) is 0 Å². The molecule has 2 N–H and O–H groups in total. The van der Waals surface area contributed by atoms with Crippen LogP contribution in [0.5, 0.6) is 0 Å². The number of aliphatic hydroxyl groups is 1. The first-order valence-corrected chi connectivity index (χ1v) is 8.68. The first-order valence-electron chi connectivity index (χ1n) is 6.45. The number of carboxylic acid groups (broad SMARTS) is 1. The molecule has 1 fully saturated rings. The third kappa shape index (κ3) is 3.28. The van der Waals surface area contributed by atoms with E-state index in [1.807, 2.05) is 0 Å². The number of sulfonamides is 1. The van der Waals surface area contributed by atoms with Crippen molar-refractivity contribution >= 4 is 31.9 Å². The molecule has 1 aromatic carbocycles. The number of halogens is 1. The van der Waals surface area contributed by atoms with E-state index in [0.717, 1.165) is 6.07 Å². The number of piperidine rings is 1. The smallest absolute Gasteiger partial charge is 0.335 e. The van der Waals surface area contributed by atoms with Crippen molar-refractivity contribution < 1.29 is 23.4 Å². The van der Waals surface area contributed by atoms with E-state index in [4.69, 9.17) is 5.11 Å². The highest BCUT2D eigenvalue weighted by Gasteiger charge is 2.32. The predicted octanol–water partition coefficient (Wildman–Crippen LogP) is 1.60. The van der Waals surface area contributed by atoms with Crippen molar-refractivity contribution in [1.29, 1.82) is 0 Å². The maximum Gasteiger partial charge on any atom is 0.335 e. The van der Waals surface area contributed by atoms with E-state index in [9.17, 15) is 18.3 Å². The van der Waals surface area contributed by atoms with Crippen LogP contribution in [-0.2, 0) is 10.0 Å². The Morgan fingerprint density at radius 3 is 2.67 bits per heavy atom. The van der Waals surface area contributed by atoms with Crippen LogP contribution in [0.15, 0.2) is 21.5 Å². The van der Waals surface area contributed by atoms with Crippen LogP contribution >= 0.6 is 15.9 Å². The lowest BCUT2D eigenvalue weighted by atomic mass is 10.1. The van der Waals surface area contributed by atoms with Gasteiger partial charge in [-0.15, -0.1) is 0 Å². The van der Waals surface area contributed by atoms with Crippen LogP contribution in [0.4, 0.5) is 0 Å². The highest BCUT2D eigenvalue weighted by molar-refractivity contribution is 9.10. The molecule has 21 heavy (non-hydrogen) atoms. The Morgan fingerprint density at radius 2 is 2.10 bits per heavy atom. The molecule has 116 valence electrons. The van der Waals surface area contributed by atoms with Gasteiger partial charge in [-0.1, -0.05) is 0 Å². The van der Waals surface area contributed by atoms with Crippen LogP contribution in [0, 0.1) is 6.92 Å². The lowest BCUT2D eigenvalue weighted by Crippen LogP contribution is -2.42. The number of carboxylic acids is 1. The van der Waals surface area contributed by atoms with Gasteiger partial charge in [-0.05, 0) is 53.4 Å². The summed E-state index contributed by atoms with van der Waals surface area (Å²) in [6.07, 6.45) is 0.466. The van der Waals surface area contributed by atoms with Gasteiger partial charge in [0.2, 0.25) is 10.0 Å². The Balaban J connectivity index is 2.51. The van der Waals surface area contributed by atoms with Gasteiger partial charge in [0, 0.05) is 17.6 Å². The minimum absolute atomic E-state index is 0.0329. The SMILES string of the molecule is Cc1cc(C(=O)O)cc(S(=O)(=O)N2CCC[C@H](O)C2)c1Br. The summed E-state index contributed by atoms with van der Waals surface area (Å²) >= 11 is 3.22. The molecular weight excluding hydrogens is 362 g/mol. The molecule has 0 unspecified atom stereocenters. The Kier molecular flexibility index (Phi) is 4.72. The number of rotatable bonds is 3. The molecule has 0 amide bonds. The molecule has 1 atom stereocenters. The minimum Gasteiger partial charge on any atom is -0.478 e. The van der Waals surface area contributed by atoms with E-state index >= 15 is 0 Å². The summed E-state index contributed by atoms with van der Waals surface area (Å²) in [4.78, 5) is 11.0. The molecule has 1 heterocycles. The maximum absolute atomic E-state index is 12.7. The molecule has 0 aliphatic carbocycles. The second kappa shape index (κ2) is 6.04. The molecule has 6 nitrogen and oxygen atoms in total. The summed E-state index contributed by atoms with van der Waals surface area (Å²) < 4.78 is 26.9. The fourth-order valence-electron chi connectivity index (χ4n) is 2.33. The monoisotopic (exact) mass is 377 g/mol. The summed E-state index contributed by atoms with van der Waals surface area (Å²) in [7, 11) is -3.84. The number of aromatic carboxylic acids is 1. The first-order chi connectivity index (χ1) is 9.73. The van der Waals surface area contributed by atoms with Gasteiger partial charge in [0.05, 0.1) is 16.6 Å². The third-order valence-corrected chi connectivity index (χ3v) is 6.65. The summed E-state index contributed by atoms with van der Waals surface area (Å²) in [5, 5.41) is 18.7. The molecular formula is C13H16BrNO5S. The largest absolute Gasteiger partial charge is 0.478 e. The number of aryl methyl sites for hydroxylation is 1. The highest BCUT2D eigenvalue weighted by Crippen LogP contribution is 2.31. The molecule has 0 bridgehead atoms. The van der Waals surface area contributed by atoms with E-state index in [1.54, 1.807) is 6.92 Å². The summed E-state index contributed by atoms with van der Waals surface area (Å²) in [6.45, 7) is 1.99. The standard InChI is InChI=1S/C13H16BrNO5S/c1-8-5-9(13(17)18)6-11(12(8)14)21(19,20)15-4-2-3-10(16)7-15/h5-6,10,16H,2-4,7H2,1H3,(H,17,18)/t10-/m0/s1. The number of aliphatic hydroxyl groups excluding tert-OH is 1. The molecule has 1 aliphatic heterocycles. The number of hydrogen-bond acceptors (Lipinski definition) is 4. The van der Waals surface area contributed by atoms with Gasteiger partial charge in [-0.3, -0.25) is 0 Å². The van der Waals surface area contributed by atoms with Gasteiger partial charge in [0.25, 0.3) is 0 Å². The quantitative estimate of drug-likeness (QED) is 0.833. The van der Waals surface area contributed by atoms with Crippen molar-refractivity contribution in [3.05, 3.63) is 27.7 Å². The normalized spacial score (nSPS) is 20.4. The van der Waals surface area contributed by atoms with Gasteiger partial charge in [0.1, 0.15) is 0 Å². The van der Waals surface area contributed by atoms with Gasteiger partial charge in [0.15, 0.2) is 0 Å². The Hall–Kier alpha value is -0.960. The van der Waals surface area contributed by atoms with Crippen molar-refractivity contribution in [2.24, 2.45) is 0 Å². The fourth-order valence-corrected chi connectivity index (χ4v) is 4.85. The fraction of sp³-hybridized carbons (Fsp3) is 0.462. The lowest BCUT2D eigenvalue weighted by molar-refractivity contribution is 0.0696. The van der Waals surface area contributed by atoms with Crippen LogP contribution in [0.2, 0.25) is 0 Å². The van der Waals surface area contributed by atoms with E-state index in [0.29, 0.717) is 29.4 Å². The van der Waals surface area contributed by atoms with Crippen LogP contribution in [0.3, 0.4) is 0 Å². The summed E-state index contributed by atoms with van der Waals surface area (Å²) in [5.74, 6) is -1.18. The Bertz CT molecular complexity index is 673. The van der Waals surface area contributed by atoms with E-state index in [1.165, 1.54) is 10.4 Å². The third-order valence-electron chi connectivity index (χ3n) is 3.45. The number of hydrogen-bond donors (Lipinski definition) is 2. The summed E-state index contributed by atoms with van der Waals surface area (Å²) in [6, 6.07) is 2.56. The van der Waals surface area contributed by atoms with Crippen molar-refractivity contribution in [2.45, 2.75) is 30.8 Å². The second-order valence-corrected chi connectivity index (χ2v) is 7.77. The Labute approximate surface area is 131 Å². The van der Waals surface area contributed by atoms with Crippen molar-refractivity contribution in [2.75, 3.05) is 13.1 Å². The average molecular weight is 378 g/mol. The van der Waals surface area contributed by atoms with Gasteiger partial charge in [-0.2, -0.15) is 4.31 Å². The lowest BCUT2D eigenvalue weighted by Gasteiger charge is -2.29. The number of carbonyl (C=O) groups is 1. The predicted molar refractivity (Wildman–Crippen MR) is 79.8 cm³/mol. The van der Waals surface area contributed by atoms with Crippen LogP contribution in [-0.4, -0.2) is 48.1 Å². The molecule has 0 spiro atoms. The molecule has 8 heteroatoms. The first kappa shape index (κ1) is 16.4. The molecule has 0 radical (unpaired) electrons. The molecule has 0 aromatic heterocycles. The van der Waals surface area contributed by atoms with Crippen LogP contribution in [0.25, 0.3) is 0 Å². The number of nitrogens with zero attached hydrogens (tertiary/aromatic N) is 1. The zero-order valence-electron chi connectivity index (χ0n) is 11.4.